The van der Waals surface area contributed by atoms with E-state index in [0.717, 1.165) is 0 Å². The summed E-state index contributed by atoms with van der Waals surface area (Å²) in [5.74, 6) is -4.20. The van der Waals surface area contributed by atoms with Gasteiger partial charge in [-0.2, -0.15) is 0 Å². The van der Waals surface area contributed by atoms with Gasteiger partial charge in [-0.25, -0.2) is 0 Å². The number of hydrogen-bond acceptors (Lipinski definition) is 23. The van der Waals surface area contributed by atoms with Crippen LogP contribution in [-0.4, -0.2) is 240 Å². The molecule has 26 atom stereocenters. The van der Waals surface area contributed by atoms with E-state index in [2.05, 4.69) is 0 Å². The minimum absolute atomic E-state index is 0.0508. The smallest absolute Gasteiger partial charge is 0.308 e. The molecular weight excluding hydrogens is 991 g/mol. The van der Waals surface area contributed by atoms with Crippen molar-refractivity contribution in [1.82, 2.24) is 4.90 Å². The van der Waals surface area contributed by atoms with Gasteiger partial charge < -0.3 is 103 Å². The van der Waals surface area contributed by atoms with E-state index in [-0.39, 0.29) is 31.7 Å². The molecule has 75 heavy (non-hydrogen) atoms. The van der Waals surface area contributed by atoms with Crippen LogP contribution < -0.4 is 0 Å². The van der Waals surface area contributed by atoms with Crippen molar-refractivity contribution in [2.24, 2.45) is 23.7 Å². The Kier molecular flexibility index (Phi) is 23.7. The van der Waals surface area contributed by atoms with Gasteiger partial charge in [0, 0.05) is 44.8 Å². The first kappa shape index (κ1) is 63.4. The standard InChI is InChI=1S/C52H87NO22/c1-13-34-31(23-67-50-47(66-12)46(65-11)39(59)27(5)69-50)18-24(2)14-15-32(56)25(3)19-30(16-17-54)43(26(4)33(57)20-36(58)71-34)74-51-45(75-49-42(62)41(61)40(60)35(22-55)72-49)38(53(9)10)44(28(6)70-51)73-37-21-52(8,64)48(63)29(7)68-37/h14-15,17-18,25-31,33-35,37-51,55,57,59-64H,13,16,19-23H2,1-12H3/b15-14+,24-18+/t25-,26+,27-,28-,29+,30+,31?,33-,34-,35-,37+,38+,39-,40-,41+,42-,43-,44-,45-,46-,47-,48+,49+,50-,51+,52-/m1/s1. The molecule has 23 heteroatoms. The Labute approximate surface area is 440 Å². The third-order valence-electron chi connectivity index (χ3n) is 15.5. The molecule has 0 amide bonds. The molecule has 0 aliphatic carbocycles. The molecule has 0 spiro atoms. The molecule has 4 saturated heterocycles. The molecule has 5 rings (SSSR count). The lowest BCUT2D eigenvalue weighted by Crippen LogP contribution is -2.68. The molecule has 5 aliphatic heterocycles. The van der Waals surface area contributed by atoms with Crippen LogP contribution in [0.3, 0.4) is 0 Å². The minimum Gasteiger partial charge on any atom is -0.462 e. The lowest BCUT2D eigenvalue weighted by Gasteiger charge is -2.52. The third kappa shape index (κ3) is 15.5. The SMILES string of the molecule is CC[C@H]1OC(=O)C[C@@H](O)[C@H](C)[C@@H](O[C@@H]2O[C@H](C)[C@@H](O[C@H]3C[C@@](C)(O)[C@@H](O)[C@H](C)O3)[C@H](N(C)C)[C@H]2O[C@@H]2O[C@H](CO)[C@@H](O)[C@H](O)[C@H]2O)[C@@H](CC=O)C[C@@H](C)C(=O)/C=C/C(C)=C/C1CO[C@@H]1O[C@H](C)[C@@H](O)[C@@H](OC)[C@H]1OC. The van der Waals surface area contributed by atoms with E-state index in [9.17, 15) is 55.2 Å². The van der Waals surface area contributed by atoms with Crippen LogP contribution in [0.15, 0.2) is 23.8 Å². The van der Waals surface area contributed by atoms with Crippen molar-refractivity contribution in [3.63, 3.8) is 0 Å². The molecule has 5 heterocycles. The Bertz CT molecular complexity index is 1870. The lowest BCUT2D eigenvalue weighted by atomic mass is 9.79. The molecule has 432 valence electrons. The zero-order valence-electron chi connectivity index (χ0n) is 45.4. The van der Waals surface area contributed by atoms with Crippen LogP contribution in [-0.2, 0) is 66.5 Å². The molecule has 0 aromatic heterocycles. The number of carbonyl (C=O) groups is 3. The average Bonchev–Trinajstić information content (AvgIpc) is 3.35. The van der Waals surface area contributed by atoms with Crippen molar-refractivity contribution in [2.45, 2.75) is 222 Å². The highest BCUT2D eigenvalue weighted by atomic mass is 16.8. The van der Waals surface area contributed by atoms with E-state index in [4.69, 9.17) is 52.1 Å². The number of hydrogen-bond donors (Lipinski definition) is 8. The molecule has 0 bridgehead atoms. The second-order valence-corrected chi connectivity index (χ2v) is 21.6. The summed E-state index contributed by atoms with van der Waals surface area (Å²) in [5.41, 5.74) is -0.973. The largest absolute Gasteiger partial charge is 0.462 e. The van der Waals surface area contributed by atoms with Crippen molar-refractivity contribution in [3.05, 3.63) is 23.8 Å². The number of aliphatic hydroxyl groups excluding tert-OH is 7. The Morgan fingerprint density at radius 3 is 2.01 bits per heavy atom. The number of likely N-dealkylation sites (N-methyl/N-ethyl adjacent to an activating group) is 1. The molecule has 23 nitrogen and oxygen atoms in total. The molecule has 5 aliphatic rings. The summed E-state index contributed by atoms with van der Waals surface area (Å²) < 4.78 is 68.1. The molecular formula is C52H87NO22. The number of ketones is 1. The summed E-state index contributed by atoms with van der Waals surface area (Å²) >= 11 is 0. The average molecular weight is 1080 g/mol. The fourth-order valence-corrected chi connectivity index (χ4v) is 11.0. The first-order valence-electron chi connectivity index (χ1n) is 26.2. The van der Waals surface area contributed by atoms with Gasteiger partial charge in [0.2, 0.25) is 0 Å². The summed E-state index contributed by atoms with van der Waals surface area (Å²) in [7, 11) is 6.29. The number of rotatable bonds is 16. The van der Waals surface area contributed by atoms with Gasteiger partial charge in [0.05, 0.1) is 61.8 Å². The fraction of sp³-hybridized carbons (Fsp3) is 0.865. The van der Waals surface area contributed by atoms with Gasteiger partial charge in [0.25, 0.3) is 0 Å². The predicted molar refractivity (Wildman–Crippen MR) is 263 cm³/mol. The maximum absolute atomic E-state index is 14.1. The highest BCUT2D eigenvalue weighted by Crippen LogP contribution is 2.40. The summed E-state index contributed by atoms with van der Waals surface area (Å²) in [6, 6.07) is -0.931. The number of allylic oxidation sites excluding steroid dienone is 3. The van der Waals surface area contributed by atoms with E-state index in [1.165, 1.54) is 27.2 Å². The van der Waals surface area contributed by atoms with Crippen molar-refractivity contribution < 1.29 is 107 Å². The van der Waals surface area contributed by atoms with Crippen molar-refractivity contribution in [1.29, 1.82) is 0 Å². The maximum Gasteiger partial charge on any atom is 0.308 e. The van der Waals surface area contributed by atoms with Crippen LogP contribution in [0.1, 0.15) is 87.5 Å². The lowest BCUT2D eigenvalue weighted by molar-refractivity contribution is -0.378. The summed E-state index contributed by atoms with van der Waals surface area (Å²) in [6.45, 7) is 12.5. The van der Waals surface area contributed by atoms with Crippen LogP contribution in [0.5, 0.6) is 0 Å². The number of aliphatic hydroxyl groups is 8. The van der Waals surface area contributed by atoms with Crippen molar-refractivity contribution in [3.8, 4) is 0 Å². The molecule has 8 N–H and O–H groups in total. The second kappa shape index (κ2) is 28.1. The van der Waals surface area contributed by atoms with Gasteiger partial charge in [-0.05, 0) is 73.5 Å². The Morgan fingerprint density at radius 1 is 0.760 bits per heavy atom. The maximum atomic E-state index is 14.1. The van der Waals surface area contributed by atoms with E-state index in [0.29, 0.717) is 18.3 Å². The van der Waals surface area contributed by atoms with Gasteiger partial charge >= 0.3 is 5.97 Å². The van der Waals surface area contributed by atoms with Gasteiger partial charge in [-0.1, -0.05) is 38.5 Å². The quantitative estimate of drug-likeness (QED) is 0.0724. The number of ether oxygens (including phenoxy) is 11. The third-order valence-corrected chi connectivity index (χ3v) is 15.5. The first-order chi connectivity index (χ1) is 35.3. The van der Waals surface area contributed by atoms with Crippen LogP contribution in [0.25, 0.3) is 0 Å². The number of cyclic esters (lactones) is 1. The van der Waals surface area contributed by atoms with E-state index in [1.54, 1.807) is 66.6 Å². The summed E-state index contributed by atoms with van der Waals surface area (Å²) in [4.78, 5) is 42.4. The van der Waals surface area contributed by atoms with Crippen LogP contribution in [0.4, 0.5) is 0 Å². The topological polar surface area (TPSA) is 318 Å². The molecule has 0 radical (unpaired) electrons. The molecule has 0 saturated carbocycles. The summed E-state index contributed by atoms with van der Waals surface area (Å²) in [6.07, 6.45) is -19.1. The van der Waals surface area contributed by atoms with Crippen molar-refractivity contribution in [2.75, 3.05) is 41.5 Å². The number of esters is 1. The van der Waals surface area contributed by atoms with E-state index < -0.39 is 177 Å². The van der Waals surface area contributed by atoms with Gasteiger partial charge in [-0.3, -0.25) is 9.59 Å². The Morgan fingerprint density at radius 2 is 1.41 bits per heavy atom. The first-order valence-corrected chi connectivity index (χ1v) is 26.2. The van der Waals surface area contributed by atoms with E-state index in [1.807, 2.05) is 13.0 Å². The molecule has 0 aromatic carbocycles. The van der Waals surface area contributed by atoms with Gasteiger partial charge in [0.1, 0.15) is 73.4 Å². The fourth-order valence-electron chi connectivity index (χ4n) is 11.0. The molecule has 0 aromatic rings. The Balaban J connectivity index is 1.52. The second-order valence-electron chi connectivity index (χ2n) is 21.6. The Hall–Kier alpha value is -2.47. The number of nitrogens with zero attached hydrogens (tertiary/aromatic N) is 1. The highest BCUT2D eigenvalue weighted by Gasteiger charge is 2.55. The van der Waals surface area contributed by atoms with Crippen LogP contribution >= 0.6 is 0 Å². The van der Waals surface area contributed by atoms with E-state index >= 15 is 0 Å². The predicted octanol–water partition coefficient (Wildman–Crippen LogP) is -0.342. The number of methoxy groups -OCH3 is 2. The van der Waals surface area contributed by atoms with Crippen LogP contribution in [0.2, 0.25) is 0 Å². The van der Waals surface area contributed by atoms with Gasteiger partial charge in [-0.15, -0.1) is 0 Å². The molecule has 4 fully saturated rings. The molecule has 1 unspecified atom stereocenters. The van der Waals surface area contributed by atoms with Crippen LogP contribution in [0, 0.1) is 23.7 Å². The van der Waals surface area contributed by atoms with Crippen molar-refractivity contribution >= 4 is 18.0 Å². The zero-order chi connectivity index (χ0) is 55.8. The zero-order valence-corrected chi connectivity index (χ0v) is 45.4. The number of carbonyl (C=O) groups excluding carboxylic acids is 3. The normalized spacial score (nSPS) is 47.2. The minimum atomic E-state index is -1.87. The van der Waals surface area contributed by atoms with Gasteiger partial charge in [0.15, 0.2) is 30.9 Å². The number of aldehydes is 1. The monoisotopic (exact) mass is 1080 g/mol. The highest BCUT2D eigenvalue weighted by molar-refractivity contribution is 5.91. The summed E-state index contributed by atoms with van der Waals surface area (Å²) in [5, 5.41) is 87.6.